The maximum Gasteiger partial charge on any atom is 0.330 e. The molecule has 4 rings (SSSR count). The minimum absolute atomic E-state index is 0.0115. The number of ether oxygens (including phenoxy) is 2. The summed E-state index contributed by atoms with van der Waals surface area (Å²) in [6.07, 6.45) is 2.05. The third-order valence-corrected chi connectivity index (χ3v) is 11.7. The van der Waals surface area contributed by atoms with E-state index in [1.54, 1.807) is 12.1 Å². The molecule has 0 heterocycles. The van der Waals surface area contributed by atoms with Gasteiger partial charge in [-0.25, -0.2) is 4.79 Å². The fraction of sp³-hybridized carbons (Fsp3) is 0.152. The Labute approximate surface area is 231 Å². The number of esters is 1. The molecule has 0 atom stereocenters. The largest absolute Gasteiger partial charge is 0.494 e. The lowest BCUT2D eigenvalue weighted by molar-refractivity contribution is -0.138. The number of nitrogens with one attached hydrogen (secondary N) is 1. The van der Waals surface area contributed by atoms with Gasteiger partial charge in [0.05, 0.1) is 13.0 Å². The molecule has 0 saturated carbocycles. The van der Waals surface area contributed by atoms with Crippen molar-refractivity contribution in [1.29, 1.82) is 0 Å². The Kier molecular flexibility index (Phi) is 9.86. The van der Waals surface area contributed by atoms with Crippen molar-refractivity contribution in [2.75, 3.05) is 18.5 Å². The summed E-state index contributed by atoms with van der Waals surface area (Å²) in [4.78, 5) is 23.2. The lowest BCUT2D eigenvalue weighted by Gasteiger charge is -2.34. The molecule has 0 unspecified atom stereocenters. The number of rotatable bonds is 13. The highest BCUT2D eigenvalue weighted by atomic mass is 28.3. The Morgan fingerprint density at radius 1 is 0.718 bits per heavy atom. The zero-order chi connectivity index (χ0) is 27.3. The van der Waals surface area contributed by atoms with Crippen molar-refractivity contribution in [2.45, 2.75) is 18.9 Å². The molecule has 0 saturated heterocycles. The Morgan fingerprint density at radius 2 is 1.23 bits per heavy atom. The van der Waals surface area contributed by atoms with Crippen LogP contribution >= 0.6 is 0 Å². The molecular weight excluding hydrogens is 502 g/mol. The van der Waals surface area contributed by atoms with Crippen molar-refractivity contribution >= 4 is 41.2 Å². The van der Waals surface area contributed by atoms with Crippen LogP contribution in [-0.4, -0.2) is 33.2 Å². The molecule has 6 heteroatoms. The van der Waals surface area contributed by atoms with Crippen LogP contribution in [-0.2, 0) is 14.3 Å². The number of carbonyl (C=O) groups excluding carboxylic acids is 2. The van der Waals surface area contributed by atoms with E-state index in [2.05, 4.69) is 103 Å². The summed E-state index contributed by atoms with van der Waals surface area (Å²) in [5.74, 6) is -0.0237. The van der Waals surface area contributed by atoms with Crippen LogP contribution in [0, 0.1) is 0 Å². The highest BCUT2D eigenvalue weighted by Crippen LogP contribution is 2.19. The second kappa shape index (κ2) is 13.9. The molecule has 0 aliphatic carbocycles. The van der Waals surface area contributed by atoms with Crippen LogP contribution in [0.3, 0.4) is 0 Å². The number of hydrogen-bond donors (Lipinski definition) is 1. The maximum absolute atomic E-state index is 12.1. The smallest absolute Gasteiger partial charge is 0.330 e. The molecule has 4 aromatic carbocycles. The molecule has 0 fully saturated rings. The minimum Gasteiger partial charge on any atom is -0.494 e. The van der Waals surface area contributed by atoms with Crippen molar-refractivity contribution in [3.8, 4) is 5.75 Å². The number of carbonyl (C=O) groups is 2. The Bertz CT molecular complexity index is 1250. The van der Waals surface area contributed by atoms with E-state index in [1.165, 1.54) is 15.6 Å². The maximum atomic E-state index is 12.1. The Morgan fingerprint density at radius 3 is 1.72 bits per heavy atom. The van der Waals surface area contributed by atoms with Gasteiger partial charge < -0.3 is 14.8 Å². The highest BCUT2D eigenvalue weighted by Gasteiger charge is 2.38. The van der Waals surface area contributed by atoms with Crippen LogP contribution in [0.5, 0.6) is 5.75 Å². The molecule has 1 N–H and O–H groups in total. The van der Waals surface area contributed by atoms with E-state index in [1.807, 2.05) is 12.1 Å². The molecule has 0 spiro atoms. The van der Waals surface area contributed by atoms with Crippen molar-refractivity contribution in [2.24, 2.45) is 0 Å². The average molecular weight is 536 g/mol. The van der Waals surface area contributed by atoms with Crippen LogP contribution in [0.25, 0.3) is 0 Å². The van der Waals surface area contributed by atoms with Gasteiger partial charge in [-0.15, -0.1) is 0 Å². The van der Waals surface area contributed by atoms with E-state index in [0.717, 1.165) is 24.3 Å². The summed E-state index contributed by atoms with van der Waals surface area (Å²) < 4.78 is 11.0. The van der Waals surface area contributed by atoms with E-state index in [-0.39, 0.29) is 18.9 Å². The van der Waals surface area contributed by atoms with Gasteiger partial charge in [-0.05, 0) is 52.3 Å². The molecule has 0 bridgehead atoms. The molecule has 198 valence electrons. The topological polar surface area (TPSA) is 64.6 Å². The first-order chi connectivity index (χ1) is 19.1. The zero-order valence-electron chi connectivity index (χ0n) is 21.9. The molecule has 0 aliphatic rings. The summed E-state index contributed by atoms with van der Waals surface area (Å²) in [7, 11) is -2.27. The Balaban J connectivity index is 1.41. The quantitative estimate of drug-likeness (QED) is 0.0888. The van der Waals surface area contributed by atoms with Crippen LogP contribution in [0.2, 0.25) is 6.04 Å². The van der Waals surface area contributed by atoms with Gasteiger partial charge in [-0.3, -0.25) is 4.79 Å². The van der Waals surface area contributed by atoms with Gasteiger partial charge >= 0.3 is 5.97 Å². The van der Waals surface area contributed by atoms with Gasteiger partial charge in [0.15, 0.2) is 0 Å². The summed E-state index contributed by atoms with van der Waals surface area (Å²) in [6.45, 7) is 3.93. The molecular formula is C33H33NO4Si. The predicted molar refractivity (Wildman–Crippen MR) is 160 cm³/mol. The predicted octanol–water partition coefficient (Wildman–Crippen LogP) is 4.68. The molecule has 0 aliphatic heterocycles. The summed E-state index contributed by atoms with van der Waals surface area (Å²) in [5, 5.41) is 6.97. The first kappa shape index (κ1) is 27.6. The van der Waals surface area contributed by atoms with Crippen molar-refractivity contribution in [3.05, 3.63) is 128 Å². The van der Waals surface area contributed by atoms with Crippen LogP contribution in [0.15, 0.2) is 128 Å². The lowest BCUT2D eigenvalue weighted by Crippen LogP contribution is -2.67. The molecule has 0 aromatic heterocycles. The van der Waals surface area contributed by atoms with E-state index in [0.29, 0.717) is 12.3 Å². The number of anilines is 1. The van der Waals surface area contributed by atoms with Crippen molar-refractivity contribution < 1.29 is 19.1 Å². The molecule has 0 radical (unpaired) electrons. The van der Waals surface area contributed by atoms with Gasteiger partial charge in [0, 0.05) is 11.8 Å². The summed E-state index contributed by atoms with van der Waals surface area (Å²) >= 11 is 0. The zero-order valence-corrected chi connectivity index (χ0v) is 22.9. The van der Waals surface area contributed by atoms with Crippen molar-refractivity contribution in [1.82, 2.24) is 0 Å². The second-order valence-electron chi connectivity index (χ2n) is 9.15. The van der Waals surface area contributed by atoms with Crippen LogP contribution in [0.1, 0.15) is 12.8 Å². The van der Waals surface area contributed by atoms with E-state index in [4.69, 9.17) is 9.47 Å². The Hall–Kier alpha value is -4.42. The third kappa shape index (κ3) is 7.33. The number of benzene rings is 4. The molecule has 1 amide bonds. The molecule has 4 aromatic rings. The standard InChI is InChI=1S/C33H33NO4Si/c1-2-33(36)38-25-23-32(35)34-27-19-21-28(22-20-27)37-24-12-26-39(29-13-6-3-7-14-29,30-15-8-4-9-16-30)31-17-10-5-11-18-31/h2-11,13-22H,1,12,23-26H2,(H,34,35). The van der Waals surface area contributed by atoms with Gasteiger partial charge in [0.25, 0.3) is 0 Å². The first-order valence-corrected chi connectivity index (χ1v) is 15.3. The van der Waals surface area contributed by atoms with E-state index in [9.17, 15) is 9.59 Å². The van der Waals surface area contributed by atoms with Crippen LogP contribution in [0.4, 0.5) is 5.69 Å². The van der Waals surface area contributed by atoms with Gasteiger partial charge in [-0.2, -0.15) is 0 Å². The molecule has 39 heavy (non-hydrogen) atoms. The number of hydrogen-bond acceptors (Lipinski definition) is 4. The van der Waals surface area contributed by atoms with Gasteiger partial charge in [-0.1, -0.05) is 97.6 Å². The SMILES string of the molecule is C=CC(=O)OCCC(=O)Nc1ccc(OCCC[Si](c2ccccc2)(c2ccccc2)c2ccccc2)cc1. The van der Waals surface area contributed by atoms with E-state index < -0.39 is 14.0 Å². The third-order valence-electron chi connectivity index (χ3n) is 6.64. The van der Waals surface area contributed by atoms with Gasteiger partial charge in [0.1, 0.15) is 20.4 Å². The molecule has 5 nitrogen and oxygen atoms in total. The van der Waals surface area contributed by atoms with Crippen LogP contribution < -0.4 is 25.6 Å². The summed E-state index contributed by atoms with van der Waals surface area (Å²) in [6, 6.07) is 40.9. The minimum atomic E-state index is -2.27. The first-order valence-electron chi connectivity index (χ1n) is 13.1. The van der Waals surface area contributed by atoms with Gasteiger partial charge in [0.2, 0.25) is 5.91 Å². The monoisotopic (exact) mass is 535 g/mol. The lowest BCUT2D eigenvalue weighted by atomic mass is 10.3. The van der Waals surface area contributed by atoms with Crippen molar-refractivity contribution in [3.63, 3.8) is 0 Å². The summed E-state index contributed by atoms with van der Waals surface area (Å²) in [5.41, 5.74) is 0.658. The number of amides is 1. The fourth-order valence-electron chi connectivity index (χ4n) is 4.79. The normalized spacial score (nSPS) is 10.9. The highest BCUT2D eigenvalue weighted by molar-refractivity contribution is 7.11. The van der Waals surface area contributed by atoms with E-state index >= 15 is 0 Å². The second-order valence-corrected chi connectivity index (χ2v) is 13.2. The fourth-order valence-corrected chi connectivity index (χ4v) is 9.61. The average Bonchev–Trinajstić information content (AvgIpc) is 2.99.